The van der Waals surface area contributed by atoms with Gasteiger partial charge in [-0.2, -0.15) is 0 Å². The number of aromatic nitrogens is 4. The largest absolute Gasteiger partial charge is 0.365 e. The Kier molecular flexibility index (Phi) is 2.50. The Bertz CT molecular complexity index is 451. The maximum absolute atomic E-state index is 10.9. The predicted octanol–water partition coefficient (Wildman–Crippen LogP) is 0.233. The zero-order chi connectivity index (χ0) is 9.80. The summed E-state index contributed by atoms with van der Waals surface area (Å²) >= 11 is 1.31. The molecule has 0 aliphatic rings. The van der Waals surface area contributed by atoms with Crippen LogP contribution in [0.2, 0.25) is 0 Å². The van der Waals surface area contributed by atoms with E-state index in [9.17, 15) is 4.79 Å². The summed E-state index contributed by atoms with van der Waals surface area (Å²) in [5.41, 5.74) is -0.176. The Balaban J connectivity index is 2.02. The second kappa shape index (κ2) is 3.97. The van der Waals surface area contributed by atoms with Crippen LogP contribution in [0.15, 0.2) is 23.4 Å². The smallest absolute Gasteiger partial charge is 0.252 e. The van der Waals surface area contributed by atoms with Crippen LogP contribution < -0.4 is 10.9 Å². The lowest BCUT2D eigenvalue weighted by atomic mass is 10.5. The molecule has 6 nitrogen and oxygen atoms in total. The molecule has 14 heavy (non-hydrogen) atoms. The van der Waals surface area contributed by atoms with Crippen molar-refractivity contribution < 1.29 is 0 Å². The lowest BCUT2D eigenvalue weighted by Gasteiger charge is -2.00. The van der Waals surface area contributed by atoms with E-state index in [0.29, 0.717) is 12.4 Å². The second-order valence-electron chi connectivity index (χ2n) is 2.53. The average molecular weight is 209 g/mol. The number of hydrogen-bond donors (Lipinski definition) is 2. The molecule has 0 saturated heterocycles. The Labute approximate surface area is 83.2 Å². The van der Waals surface area contributed by atoms with E-state index in [-0.39, 0.29) is 5.56 Å². The molecule has 2 N–H and O–H groups in total. The molecular formula is C7H7N5OS. The van der Waals surface area contributed by atoms with Crippen LogP contribution in [0, 0.1) is 0 Å². The molecule has 0 unspecified atom stereocenters. The molecule has 0 spiro atoms. The van der Waals surface area contributed by atoms with Crippen LogP contribution in [0.4, 0.5) is 5.82 Å². The van der Waals surface area contributed by atoms with Crippen molar-refractivity contribution in [2.75, 3.05) is 5.32 Å². The van der Waals surface area contributed by atoms with Gasteiger partial charge >= 0.3 is 0 Å². The molecule has 2 rings (SSSR count). The Morgan fingerprint density at radius 3 is 3.21 bits per heavy atom. The standard InChI is InChI=1S/C7H7N5OS/c13-7-1-6(9-4-10-7)8-2-5-3-11-12-14-5/h1,3-4H,2H2,(H2,8,9,10,13). The summed E-state index contributed by atoms with van der Waals surface area (Å²) in [6, 6.07) is 1.40. The van der Waals surface area contributed by atoms with Crippen LogP contribution in [0.3, 0.4) is 0 Å². The maximum Gasteiger partial charge on any atom is 0.252 e. The molecule has 2 heterocycles. The summed E-state index contributed by atoms with van der Waals surface area (Å²) in [4.78, 5) is 18.3. The van der Waals surface area contributed by atoms with Gasteiger partial charge in [-0.3, -0.25) is 4.79 Å². The third-order valence-electron chi connectivity index (χ3n) is 1.53. The molecule has 7 heteroatoms. The highest BCUT2D eigenvalue weighted by atomic mass is 32.1. The summed E-state index contributed by atoms with van der Waals surface area (Å²) in [5, 5.41) is 6.68. The van der Waals surface area contributed by atoms with Gasteiger partial charge in [0, 0.05) is 6.07 Å². The Morgan fingerprint density at radius 1 is 1.57 bits per heavy atom. The van der Waals surface area contributed by atoms with Gasteiger partial charge in [0.1, 0.15) is 5.82 Å². The van der Waals surface area contributed by atoms with Crippen LogP contribution in [0.1, 0.15) is 4.88 Å². The van der Waals surface area contributed by atoms with Crippen molar-refractivity contribution in [3.63, 3.8) is 0 Å². The minimum atomic E-state index is -0.176. The number of anilines is 1. The van der Waals surface area contributed by atoms with Crippen LogP contribution in [0.5, 0.6) is 0 Å². The van der Waals surface area contributed by atoms with Gasteiger partial charge in [0.05, 0.1) is 23.9 Å². The van der Waals surface area contributed by atoms with Gasteiger partial charge in [-0.15, -0.1) is 5.10 Å². The molecule has 0 aliphatic heterocycles. The number of nitrogens with zero attached hydrogens (tertiary/aromatic N) is 3. The third kappa shape index (κ3) is 2.13. The van der Waals surface area contributed by atoms with E-state index in [1.54, 1.807) is 6.20 Å². The summed E-state index contributed by atoms with van der Waals surface area (Å²) in [6.07, 6.45) is 3.03. The summed E-state index contributed by atoms with van der Waals surface area (Å²) in [6.45, 7) is 0.578. The fourth-order valence-electron chi connectivity index (χ4n) is 0.908. The number of hydrogen-bond acceptors (Lipinski definition) is 6. The lowest BCUT2D eigenvalue weighted by Crippen LogP contribution is -2.08. The molecule has 0 aromatic carbocycles. The summed E-state index contributed by atoms with van der Waals surface area (Å²) < 4.78 is 3.72. The van der Waals surface area contributed by atoms with Gasteiger partial charge in [0.2, 0.25) is 0 Å². The minimum Gasteiger partial charge on any atom is -0.365 e. The van der Waals surface area contributed by atoms with Gasteiger partial charge in [-0.25, -0.2) is 4.98 Å². The topological polar surface area (TPSA) is 83.6 Å². The molecular weight excluding hydrogens is 202 g/mol. The van der Waals surface area contributed by atoms with Crippen molar-refractivity contribution >= 4 is 17.4 Å². The number of rotatable bonds is 3. The molecule has 0 aliphatic carbocycles. The van der Waals surface area contributed by atoms with Crippen molar-refractivity contribution in [3.05, 3.63) is 33.8 Å². The molecule has 0 atom stereocenters. The van der Waals surface area contributed by atoms with Crippen molar-refractivity contribution in [3.8, 4) is 0 Å². The first-order valence-corrected chi connectivity index (χ1v) is 4.67. The highest BCUT2D eigenvalue weighted by molar-refractivity contribution is 7.05. The molecule has 72 valence electrons. The number of aromatic amines is 1. The van der Waals surface area contributed by atoms with Gasteiger partial charge < -0.3 is 10.3 Å². The van der Waals surface area contributed by atoms with Crippen LogP contribution in [0.25, 0.3) is 0 Å². The van der Waals surface area contributed by atoms with E-state index in [4.69, 9.17) is 0 Å². The van der Waals surface area contributed by atoms with E-state index >= 15 is 0 Å². The van der Waals surface area contributed by atoms with E-state index in [1.807, 2.05) is 0 Å². The highest BCUT2D eigenvalue weighted by Gasteiger charge is 1.97. The minimum absolute atomic E-state index is 0.176. The summed E-state index contributed by atoms with van der Waals surface area (Å²) in [5.74, 6) is 0.544. The third-order valence-corrected chi connectivity index (χ3v) is 2.19. The highest BCUT2D eigenvalue weighted by Crippen LogP contribution is 2.04. The van der Waals surface area contributed by atoms with E-state index in [1.165, 1.54) is 23.9 Å². The molecule has 0 radical (unpaired) electrons. The van der Waals surface area contributed by atoms with Crippen molar-refractivity contribution in [1.82, 2.24) is 19.6 Å². The van der Waals surface area contributed by atoms with Gasteiger partial charge in [0.25, 0.3) is 5.56 Å². The quantitative estimate of drug-likeness (QED) is 0.756. The zero-order valence-corrected chi connectivity index (χ0v) is 7.91. The van der Waals surface area contributed by atoms with Crippen LogP contribution >= 0.6 is 11.5 Å². The van der Waals surface area contributed by atoms with Crippen molar-refractivity contribution in [1.29, 1.82) is 0 Å². The molecule has 2 aromatic heterocycles. The SMILES string of the molecule is O=c1cc(NCc2cnns2)nc[nH]1. The monoisotopic (exact) mass is 209 g/mol. The normalized spacial score (nSPS) is 10.0. The lowest BCUT2D eigenvalue weighted by molar-refractivity contribution is 1.06. The Morgan fingerprint density at radius 2 is 2.50 bits per heavy atom. The fraction of sp³-hybridized carbons (Fsp3) is 0.143. The van der Waals surface area contributed by atoms with Crippen LogP contribution in [-0.2, 0) is 6.54 Å². The first-order valence-electron chi connectivity index (χ1n) is 3.89. The molecule has 0 amide bonds. The zero-order valence-electron chi connectivity index (χ0n) is 7.10. The van der Waals surface area contributed by atoms with Crippen molar-refractivity contribution in [2.45, 2.75) is 6.54 Å². The number of H-pyrrole nitrogens is 1. The van der Waals surface area contributed by atoms with Gasteiger partial charge in [-0.05, 0) is 11.5 Å². The fourth-order valence-corrected chi connectivity index (χ4v) is 1.34. The maximum atomic E-state index is 10.9. The molecule has 0 bridgehead atoms. The Hall–Kier alpha value is -1.76. The number of nitrogens with one attached hydrogen (secondary N) is 2. The van der Waals surface area contributed by atoms with E-state index in [0.717, 1.165) is 4.88 Å². The van der Waals surface area contributed by atoms with E-state index < -0.39 is 0 Å². The van der Waals surface area contributed by atoms with Crippen LogP contribution in [-0.4, -0.2) is 19.6 Å². The first kappa shape index (κ1) is 8.82. The van der Waals surface area contributed by atoms with Gasteiger partial charge in [0.15, 0.2) is 0 Å². The molecule has 0 fully saturated rings. The predicted molar refractivity (Wildman–Crippen MR) is 52.1 cm³/mol. The first-order chi connectivity index (χ1) is 6.84. The van der Waals surface area contributed by atoms with Gasteiger partial charge in [-0.1, -0.05) is 4.49 Å². The van der Waals surface area contributed by atoms with E-state index in [2.05, 4.69) is 24.9 Å². The second-order valence-corrected chi connectivity index (χ2v) is 3.40. The average Bonchev–Trinajstić information content (AvgIpc) is 2.67. The molecule has 2 aromatic rings. The molecule has 0 saturated carbocycles. The van der Waals surface area contributed by atoms with Crippen molar-refractivity contribution in [2.24, 2.45) is 0 Å². The summed E-state index contributed by atoms with van der Waals surface area (Å²) in [7, 11) is 0.